The number of nitrogen functional groups attached to an aromatic ring is 1. The molecule has 1 saturated heterocycles. The zero-order valence-corrected chi connectivity index (χ0v) is 20.7. The molecule has 37 heavy (non-hydrogen) atoms. The van der Waals surface area contributed by atoms with Gasteiger partial charge in [-0.2, -0.15) is 13.2 Å². The van der Waals surface area contributed by atoms with Crippen LogP contribution in [0.1, 0.15) is 28.9 Å². The van der Waals surface area contributed by atoms with Crippen molar-refractivity contribution >= 4 is 33.2 Å². The molecule has 1 aliphatic heterocycles. The van der Waals surface area contributed by atoms with Crippen LogP contribution in [0.15, 0.2) is 35.5 Å². The number of anilines is 1. The van der Waals surface area contributed by atoms with Crippen molar-refractivity contribution in [1.29, 1.82) is 0 Å². The summed E-state index contributed by atoms with van der Waals surface area (Å²) in [5.74, 6) is -2.93. The summed E-state index contributed by atoms with van der Waals surface area (Å²) < 4.78 is 57.4. The zero-order valence-electron chi connectivity index (χ0n) is 19.8. The summed E-state index contributed by atoms with van der Waals surface area (Å²) in [6, 6.07) is 4.97. The largest absolute Gasteiger partial charge is 0.490 e. The average Bonchev–Trinajstić information content (AvgIpc) is 3.23. The van der Waals surface area contributed by atoms with E-state index in [1.54, 1.807) is 35.0 Å². The van der Waals surface area contributed by atoms with Gasteiger partial charge in [0.05, 0.1) is 16.8 Å². The maximum Gasteiger partial charge on any atom is 0.490 e. The van der Waals surface area contributed by atoms with Crippen LogP contribution in [-0.2, 0) is 14.6 Å². The van der Waals surface area contributed by atoms with Gasteiger partial charge >= 0.3 is 12.1 Å². The van der Waals surface area contributed by atoms with Crippen molar-refractivity contribution in [2.24, 2.45) is 0 Å². The first-order chi connectivity index (χ1) is 17.2. The Morgan fingerprint density at radius 2 is 1.97 bits per heavy atom. The minimum absolute atomic E-state index is 0.0425. The first kappa shape index (κ1) is 27.9. The lowest BCUT2D eigenvalue weighted by atomic mass is 10.1. The number of aliphatic carboxylic acids is 1. The third kappa shape index (κ3) is 6.74. The molecular weight excluding hydrogens is 517 g/mol. The lowest BCUT2D eigenvalue weighted by molar-refractivity contribution is -0.192. The van der Waals surface area contributed by atoms with E-state index in [0.717, 1.165) is 31.5 Å². The molecule has 3 aromatic rings. The van der Waals surface area contributed by atoms with E-state index < -0.39 is 22.0 Å². The van der Waals surface area contributed by atoms with Gasteiger partial charge in [0, 0.05) is 30.6 Å². The van der Waals surface area contributed by atoms with Crippen molar-refractivity contribution in [2.45, 2.75) is 36.9 Å². The Hall–Kier alpha value is -3.72. The molecule has 1 aliphatic rings. The van der Waals surface area contributed by atoms with Crippen LogP contribution in [0, 0.1) is 6.92 Å². The maximum atomic E-state index is 12.8. The fraction of sp³-hybridized carbons (Fsp3) is 0.364. The highest BCUT2D eigenvalue weighted by Gasteiger charge is 2.38. The molecule has 1 atom stereocenters. The summed E-state index contributed by atoms with van der Waals surface area (Å²) in [4.78, 5) is 30.4. The molecule has 1 fully saturated rings. The number of fused-ring (bicyclic) bond motifs is 1. The predicted octanol–water partition coefficient (Wildman–Crippen LogP) is 1.81. The number of hydrogen-bond donors (Lipinski definition) is 4. The Morgan fingerprint density at radius 1 is 1.30 bits per heavy atom. The molecular formula is C22H25F3N6O5S. The monoisotopic (exact) mass is 542 g/mol. The summed E-state index contributed by atoms with van der Waals surface area (Å²) in [5, 5.41) is 13.4. The van der Waals surface area contributed by atoms with E-state index in [2.05, 4.69) is 20.6 Å². The number of carboxylic acid groups (broad SMARTS) is 1. The van der Waals surface area contributed by atoms with Gasteiger partial charge in [-0.05, 0) is 44.0 Å². The summed E-state index contributed by atoms with van der Waals surface area (Å²) in [7, 11) is -3.37. The van der Waals surface area contributed by atoms with E-state index in [1.807, 2.05) is 6.92 Å². The quantitative estimate of drug-likeness (QED) is 0.384. The van der Waals surface area contributed by atoms with Crippen molar-refractivity contribution < 1.29 is 36.3 Å². The van der Waals surface area contributed by atoms with E-state index in [9.17, 15) is 26.4 Å². The highest BCUT2D eigenvalue weighted by atomic mass is 32.2. The normalized spacial score (nSPS) is 16.1. The molecule has 15 heteroatoms. The van der Waals surface area contributed by atoms with Crippen LogP contribution in [0.2, 0.25) is 0 Å². The Labute approximate surface area is 209 Å². The van der Waals surface area contributed by atoms with E-state index in [0.29, 0.717) is 16.9 Å². The molecule has 0 bridgehead atoms. The SMILES string of the molecule is Cc1ccc(S(C)(=O)=O)cc1-c1cnc2c(N)nc(C(=O)NC3CCCNC3)cn12.O=C(O)C(F)(F)F. The van der Waals surface area contributed by atoms with Gasteiger partial charge in [-0.1, -0.05) is 6.07 Å². The number of carbonyl (C=O) groups is 2. The highest BCUT2D eigenvalue weighted by molar-refractivity contribution is 7.90. The molecule has 2 aromatic heterocycles. The number of amides is 1. The number of aryl methyl sites for hydroxylation is 1. The number of carbonyl (C=O) groups excluding carboxylic acids is 1. The van der Waals surface area contributed by atoms with Gasteiger partial charge < -0.3 is 21.5 Å². The number of imidazole rings is 1. The molecule has 0 saturated carbocycles. The van der Waals surface area contributed by atoms with Crippen LogP contribution in [0.4, 0.5) is 19.0 Å². The number of hydrogen-bond acceptors (Lipinski definition) is 8. The van der Waals surface area contributed by atoms with Crippen LogP contribution in [-0.4, -0.2) is 71.3 Å². The van der Waals surface area contributed by atoms with Gasteiger partial charge in [0.15, 0.2) is 21.3 Å². The maximum absolute atomic E-state index is 12.8. The van der Waals surface area contributed by atoms with E-state index in [-0.39, 0.29) is 28.4 Å². The van der Waals surface area contributed by atoms with Gasteiger partial charge in [-0.25, -0.2) is 23.2 Å². The summed E-state index contributed by atoms with van der Waals surface area (Å²) in [5.41, 5.74) is 8.87. The number of nitrogens with zero attached hydrogens (tertiary/aromatic N) is 3. The molecule has 4 rings (SSSR count). The first-order valence-electron chi connectivity index (χ1n) is 10.9. The minimum atomic E-state index is -5.08. The van der Waals surface area contributed by atoms with E-state index in [1.165, 1.54) is 6.26 Å². The fourth-order valence-electron chi connectivity index (χ4n) is 3.66. The van der Waals surface area contributed by atoms with E-state index >= 15 is 0 Å². The second-order valence-corrected chi connectivity index (χ2v) is 10.4. The topological polar surface area (TPSA) is 169 Å². The number of alkyl halides is 3. The van der Waals surface area contributed by atoms with Crippen LogP contribution < -0.4 is 16.4 Å². The molecule has 1 amide bonds. The zero-order chi connectivity index (χ0) is 27.5. The van der Waals surface area contributed by atoms with Crippen molar-refractivity contribution in [2.75, 3.05) is 25.1 Å². The lowest BCUT2D eigenvalue weighted by Crippen LogP contribution is -2.45. The standard InChI is InChI=1S/C20H24N6O3S.C2HF3O2/c1-12-5-6-14(30(2,28)29)8-15(12)17-10-23-19-18(21)25-16(11-26(17)19)20(27)24-13-4-3-7-22-9-13;3-2(4,5)1(6)7/h5-6,8,10-11,13,22H,3-4,7,9H2,1-2H3,(H2,21,25)(H,24,27);(H,6,7). The molecule has 200 valence electrons. The third-order valence-corrected chi connectivity index (χ3v) is 6.65. The van der Waals surface area contributed by atoms with Gasteiger partial charge in [0.1, 0.15) is 5.69 Å². The summed E-state index contributed by atoms with van der Waals surface area (Å²) in [6.45, 7) is 3.56. The number of benzene rings is 1. The number of nitrogens with one attached hydrogen (secondary N) is 2. The highest BCUT2D eigenvalue weighted by Crippen LogP contribution is 2.28. The van der Waals surface area contributed by atoms with Gasteiger partial charge in [-0.15, -0.1) is 0 Å². The van der Waals surface area contributed by atoms with Crippen LogP contribution in [0.25, 0.3) is 16.9 Å². The number of aromatic nitrogens is 3. The van der Waals surface area contributed by atoms with Gasteiger partial charge in [0.25, 0.3) is 5.91 Å². The molecule has 3 heterocycles. The first-order valence-corrected chi connectivity index (χ1v) is 12.8. The summed E-state index contributed by atoms with van der Waals surface area (Å²) in [6.07, 6.45) is 1.19. The fourth-order valence-corrected chi connectivity index (χ4v) is 4.31. The Bertz CT molecular complexity index is 1430. The molecule has 1 aromatic carbocycles. The number of piperidine rings is 1. The summed E-state index contributed by atoms with van der Waals surface area (Å²) >= 11 is 0. The number of carboxylic acids is 1. The van der Waals surface area contributed by atoms with Crippen LogP contribution >= 0.6 is 0 Å². The minimum Gasteiger partial charge on any atom is -0.475 e. The number of halogens is 3. The number of rotatable bonds is 4. The molecule has 0 aliphatic carbocycles. The predicted molar refractivity (Wildman–Crippen MR) is 128 cm³/mol. The Kier molecular flexibility index (Phi) is 8.07. The molecule has 5 N–H and O–H groups in total. The lowest BCUT2D eigenvalue weighted by Gasteiger charge is -2.23. The molecule has 1 unspecified atom stereocenters. The number of sulfone groups is 1. The van der Waals surface area contributed by atoms with Crippen molar-refractivity contribution in [1.82, 2.24) is 25.0 Å². The third-order valence-electron chi connectivity index (χ3n) is 5.54. The Balaban J connectivity index is 0.000000479. The van der Waals surface area contributed by atoms with Crippen LogP contribution in [0.3, 0.4) is 0 Å². The smallest absolute Gasteiger partial charge is 0.475 e. The number of nitrogens with two attached hydrogens (primary N) is 1. The molecule has 0 spiro atoms. The average molecular weight is 543 g/mol. The van der Waals surface area contributed by atoms with Crippen molar-refractivity contribution in [3.05, 3.63) is 41.9 Å². The second kappa shape index (κ2) is 10.7. The van der Waals surface area contributed by atoms with Crippen molar-refractivity contribution in [3.63, 3.8) is 0 Å². The van der Waals surface area contributed by atoms with Gasteiger partial charge in [-0.3, -0.25) is 9.20 Å². The van der Waals surface area contributed by atoms with E-state index in [4.69, 9.17) is 15.6 Å². The van der Waals surface area contributed by atoms with Crippen molar-refractivity contribution in [3.8, 4) is 11.3 Å². The molecule has 11 nitrogen and oxygen atoms in total. The van der Waals surface area contributed by atoms with Gasteiger partial charge in [0.2, 0.25) is 0 Å². The van der Waals surface area contributed by atoms with Crippen LogP contribution in [0.5, 0.6) is 0 Å². The Morgan fingerprint density at radius 3 is 2.54 bits per heavy atom. The molecule has 0 radical (unpaired) electrons. The second-order valence-electron chi connectivity index (χ2n) is 8.42.